The number of anilines is 1. The lowest BCUT2D eigenvalue weighted by atomic mass is 9.59. The summed E-state index contributed by atoms with van der Waals surface area (Å²) in [7, 11) is 2.16. The number of amides is 2. The van der Waals surface area contributed by atoms with Crippen LogP contribution in [0.5, 0.6) is 0 Å². The van der Waals surface area contributed by atoms with Crippen LogP contribution in [0.15, 0.2) is 36.4 Å². The minimum absolute atomic E-state index is 0.0293. The summed E-state index contributed by atoms with van der Waals surface area (Å²) in [5, 5.41) is 6.53. The number of unbranched alkanes of at least 4 members (excludes halogenated alkanes) is 1. The zero-order valence-electron chi connectivity index (χ0n) is 30.4. The smallest absolute Gasteiger partial charge is 0.251 e. The van der Waals surface area contributed by atoms with Gasteiger partial charge in [0, 0.05) is 62.6 Å². The molecule has 0 radical (unpaired) electrons. The number of morpholine rings is 1. The molecule has 4 unspecified atom stereocenters. The van der Waals surface area contributed by atoms with Gasteiger partial charge < -0.3 is 26.0 Å². The number of piperidine rings is 1. The van der Waals surface area contributed by atoms with Crippen LogP contribution in [0.1, 0.15) is 101 Å². The molecule has 1 aliphatic carbocycles. The van der Waals surface area contributed by atoms with E-state index in [4.69, 9.17) is 10.5 Å². The van der Waals surface area contributed by atoms with Crippen LogP contribution in [-0.2, 0) is 16.1 Å². The van der Waals surface area contributed by atoms with E-state index in [-0.39, 0.29) is 41.1 Å². The van der Waals surface area contributed by atoms with E-state index in [1.807, 2.05) is 6.07 Å². The van der Waals surface area contributed by atoms with Crippen molar-refractivity contribution < 1.29 is 14.3 Å². The van der Waals surface area contributed by atoms with Gasteiger partial charge in [0.1, 0.15) is 0 Å². The monoisotopic (exact) mass is 659 g/mol. The summed E-state index contributed by atoms with van der Waals surface area (Å²) in [6, 6.07) is 13.8. The summed E-state index contributed by atoms with van der Waals surface area (Å²) >= 11 is 0. The van der Waals surface area contributed by atoms with Gasteiger partial charge in [-0.3, -0.25) is 14.5 Å². The second kappa shape index (κ2) is 16.2. The minimum Gasteiger partial charge on any atom is -0.379 e. The first-order valence-corrected chi connectivity index (χ1v) is 18.7. The molecule has 2 aromatic carbocycles. The summed E-state index contributed by atoms with van der Waals surface area (Å²) in [4.78, 5) is 32.3. The Morgan fingerprint density at radius 3 is 2.40 bits per heavy atom. The van der Waals surface area contributed by atoms with E-state index in [0.29, 0.717) is 18.2 Å². The molecule has 3 fully saturated rings. The molecule has 2 aromatic rings. The molecule has 0 aromatic heterocycles. The number of hydrogen-bond acceptors (Lipinski definition) is 6. The minimum atomic E-state index is -0.266. The first-order valence-electron chi connectivity index (χ1n) is 18.7. The van der Waals surface area contributed by atoms with Gasteiger partial charge in [0.05, 0.1) is 19.1 Å². The SMILES string of the molecule is CCCCC1(CC)C(C)NC(=O)C(CNC(=O)c2cc(-c3ccc(CN4CCOCC4)cc3)cc(N(C)[C@H]3CC[C@@H](N)CC3)c2C)C1C. The highest BCUT2D eigenvalue weighted by molar-refractivity contribution is 5.99. The molecule has 264 valence electrons. The fourth-order valence-electron chi connectivity index (χ4n) is 8.78. The van der Waals surface area contributed by atoms with Crippen LogP contribution in [0.25, 0.3) is 11.1 Å². The number of nitrogens with zero attached hydrogens (tertiary/aromatic N) is 2. The van der Waals surface area contributed by atoms with Gasteiger partial charge in [0.15, 0.2) is 0 Å². The van der Waals surface area contributed by atoms with Crippen molar-refractivity contribution in [1.29, 1.82) is 0 Å². The van der Waals surface area contributed by atoms with Gasteiger partial charge in [-0.25, -0.2) is 0 Å². The van der Waals surface area contributed by atoms with Crippen molar-refractivity contribution in [3.05, 3.63) is 53.1 Å². The van der Waals surface area contributed by atoms with E-state index in [1.165, 1.54) is 5.56 Å². The molecule has 2 saturated heterocycles. The summed E-state index contributed by atoms with van der Waals surface area (Å²) in [6.45, 7) is 15.7. The van der Waals surface area contributed by atoms with E-state index in [2.05, 4.69) is 92.4 Å². The fraction of sp³-hybridized carbons (Fsp3) is 0.650. The molecule has 4 atom stereocenters. The van der Waals surface area contributed by atoms with Crippen LogP contribution in [0.2, 0.25) is 0 Å². The van der Waals surface area contributed by atoms with Crippen LogP contribution in [0.4, 0.5) is 5.69 Å². The van der Waals surface area contributed by atoms with Crippen LogP contribution >= 0.6 is 0 Å². The Hall–Kier alpha value is -2.94. The average molecular weight is 660 g/mol. The lowest BCUT2D eigenvalue weighted by Gasteiger charge is -2.51. The summed E-state index contributed by atoms with van der Waals surface area (Å²) in [6.07, 6.45) is 8.49. The van der Waals surface area contributed by atoms with Gasteiger partial charge in [-0.1, -0.05) is 57.9 Å². The highest BCUT2D eigenvalue weighted by Crippen LogP contribution is 2.46. The quantitative estimate of drug-likeness (QED) is 0.248. The molecule has 0 spiro atoms. The van der Waals surface area contributed by atoms with Crippen molar-refractivity contribution in [2.45, 2.75) is 111 Å². The average Bonchev–Trinajstić information content (AvgIpc) is 3.09. The Morgan fingerprint density at radius 1 is 1.06 bits per heavy atom. The number of nitrogens with two attached hydrogens (primary N) is 1. The molecule has 4 N–H and O–H groups in total. The third-order valence-corrected chi connectivity index (χ3v) is 12.3. The second-order valence-electron chi connectivity index (χ2n) is 15.0. The van der Waals surface area contributed by atoms with Gasteiger partial charge in [0.25, 0.3) is 5.91 Å². The maximum absolute atomic E-state index is 14.1. The largest absolute Gasteiger partial charge is 0.379 e. The topological polar surface area (TPSA) is 99.9 Å². The maximum Gasteiger partial charge on any atom is 0.251 e. The number of carbonyl (C=O) groups is 2. The zero-order valence-corrected chi connectivity index (χ0v) is 30.4. The Kier molecular flexibility index (Phi) is 12.2. The first kappa shape index (κ1) is 36.3. The van der Waals surface area contributed by atoms with Crippen molar-refractivity contribution in [1.82, 2.24) is 15.5 Å². The van der Waals surface area contributed by atoms with E-state index in [1.54, 1.807) is 0 Å². The van der Waals surface area contributed by atoms with Crippen LogP contribution in [0, 0.1) is 24.2 Å². The van der Waals surface area contributed by atoms with E-state index in [0.717, 1.165) is 107 Å². The van der Waals surface area contributed by atoms with Gasteiger partial charge in [-0.2, -0.15) is 0 Å². The predicted molar refractivity (Wildman–Crippen MR) is 196 cm³/mol. The standard InChI is InChI=1S/C40H61N5O3/c1-7-9-18-40(8-2)28(4)36(39(47)43-29(40)5)25-42-38(46)35-23-32(24-37(27(35)3)44(6)34-16-14-33(41)15-17-34)31-12-10-30(11-13-31)26-45-19-21-48-22-20-45/h10-13,23-24,28-29,33-34,36H,7-9,14-22,25-26,41H2,1-6H3,(H,42,46)(H,43,47)/t28?,29?,33-,34+,36?,40?. The number of hydrogen-bond donors (Lipinski definition) is 3. The van der Waals surface area contributed by atoms with Crippen LogP contribution in [-0.4, -0.2) is 74.7 Å². The number of rotatable bonds is 12. The van der Waals surface area contributed by atoms with Crippen molar-refractivity contribution in [2.75, 3.05) is 44.8 Å². The Labute approximate surface area is 289 Å². The van der Waals surface area contributed by atoms with Gasteiger partial charge in [-0.05, 0) is 98.1 Å². The molecule has 8 nitrogen and oxygen atoms in total. The first-order chi connectivity index (χ1) is 23.1. The third-order valence-electron chi connectivity index (χ3n) is 12.3. The van der Waals surface area contributed by atoms with Crippen molar-refractivity contribution in [3.63, 3.8) is 0 Å². The summed E-state index contributed by atoms with van der Waals surface area (Å²) < 4.78 is 5.52. The number of benzene rings is 2. The van der Waals surface area contributed by atoms with Gasteiger partial charge in [-0.15, -0.1) is 0 Å². The number of carbonyl (C=O) groups excluding carboxylic acids is 2. The van der Waals surface area contributed by atoms with Crippen molar-refractivity contribution in [2.24, 2.45) is 23.0 Å². The maximum atomic E-state index is 14.1. The second-order valence-corrected chi connectivity index (χ2v) is 15.0. The Bertz CT molecular complexity index is 1380. The molecule has 2 aliphatic heterocycles. The molecule has 8 heteroatoms. The molecule has 3 aliphatic rings. The van der Waals surface area contributed by atoms with Crippen molar-refractivity contribution in [3.8, 4) is 11.1 Å². The molecule has 0 bridgehead atoms. The Balaban J connectivity index is 1.41. The predicted octanol–water partition coefficient (Wildman–Crippen LogP) is 6.29. The van der Waals surface area contributed by atoms with Crippen LogP contribution < -0.4 is 21.3 Å². The number of nitrogens with one attached hydrogen (secondary N) is 2. The molecule has 2 amide bonds. The molecule has 5 rings (SSSR count). The molecular formula is C40H61N5O3. The normalized spacial score (nSPS) is 28.1. The number of ether oxygens (including phenoxy) is 1. The third kappa shape index (κ3) is 7.92. The summed E-state index contributed by atoms with van der Waals surface area (Å²) in [5.41, 5.74) is 12.4. The highest BCUT2D eigenvalue weighted by atomic mass is 16.5. The van der Waals surface area contributed by atoms with Gasteiger partial charge in [0.2, 0.25) is 5.91 Å². The van der Waals surface area contributed by atoms with E-state index < -0.39 is 0 Å². The summed E-state index contributed by atoms with van der Waals surface area (Å²) in [5.74, 6) is -0.166. The lowest BCUT2D eigenvalue weighted by Crippen LogP contribution is -2.61. The fourth-order valence-corrected chi connectivity index (χ4v) is 8.78. The van der Waals surface area contributed by atoms with Gasteiger partial charge >= 0.3 is 0 Å². The Morgan fingerprint density at radius 2 is 1.75 bits per heavy atom. The molecular weight excluding hydrogens is 598 g/mol. The lowest BCUT2D eigenvalue weighted by molar-refractivity contribution is -0.137. The molecule has 1 saturated carbocycles. The van der Waals surface area contributed by atoms with E-state index >= 15 is 0 Å². The zero-order chi connectivity index (χ0) is 34.4. The van der Waals surface area contributed by atoms with Crippen molar-refractivity contribution >= 4 is 17.5 Å². The molecule has 2 heterocycles. The van der Waals surface area contributed by atoms with Crippen LogP contribution in [0.3, 0.4) is 0 Å². The molecule has 48 heavy (non-hydrogen) atoms. The van der Waals surface area contributed by atoms with E-state index in [9.17, 15) is 9.59 Å². The highest BCUT2D eigenvalue weighted by Gasteiger charge is 2.49.